The number of anilines is 3. The highest BCUT2D eigenvalue weighted by molar-refractivity contribution is 6.05. The van der Waals surface area contributed by atoms with Crippen LogP contribution in [0.2, 0.25) is 0 Å². The molecule has 1 aromatic heterocycles. The third kappa shape index (κ3) is 2.96. The van der Waals surface area contributed by atoms with Crippen LogP contribution in [0.1, 0.15) is 25.0 Å². The molecule has 2 fully saturated rings. The fraction of sp³-hybridized carbons (Fsp3) is 0.450. The Labute approximate surface area is 159 Å². The second-order valence-corrected chi connectivity index (χ2v) is 7.61. The van der Waals surface area contributed by atoms with Crippen molar-refractivity contribution in [2.24, 2.45) is 16.6 Å². The molecule has 1 atom stereocenters. The van der Waals surface area contributed by atoms with Crippen LogP contribution in [0.25, 0.3) is 0 Å². The molecule has 0 bridgehead atoms. The minimum absolute atomic E-state index is 0.330. The van der Waals surface area contributed by atoms with Crippen LogP contribution in [0.4, 0.5) is 17.1 Å². The Kier molecular flexibility index (Phi) is 4.06. The zero-order valence-corrected chi connectivity index (χ0v) is 15.4. The average Bonchev–Trinajstić information content (AvgIpc) is 3.11. The van der Waals surface area contributed by atoms with E-state index in [-0.39, 0.29) is 0 Å². The van der Waals surface area contributed by atoms with Gasteiger partial charge in [0.15, 0.2) is 11.4 Å². The SMILES string of the molecule is NC1(C2CCC2)N=C(Nc2ccc(N3CCNCC3)cc2)Nc2ccoc21. The topological polar surface area (TPSA) is 90.8 Å². The lowest BCUT2D eigenvalue weighted by atomic mass is 9.74. The summed E-state index contributed by atoms with van der Waals surface area (Å²) in [5.74, 6) is 1.75. The highest BCUT2D eigenvalue weighted by Gasteiger charge is 2.46. The van der Waals surface area contributed by atoms with E-state index in [0.717, 1.165) is 56.2 Å². The summed E-state index contributed by atoms with van der Waals surface area (Å²) in [5, 5.41) is 10.1. The molecule has 1 saturated heterocycles. The van der Waals surface area contributed by atoms with Gasteiger partial charge in [0.05, 0.1) is 12.0 Å². The van der Waals surface area contributed by atoms with E-state index in [1.54, 1.807) is 6.26 Å². The maximum absolute atomic E-state index is 6.71. The van der Waals surface area contributed by atoms with Gasteiger partial charge in [-0.05, 0) is 37.1 Å². The summed E-state index contributed by atoms with van der Waals surface area (Å²) in [7, 11) is 0. The van der Waals surface area contributed by atoms with Gasteiger partial charge in [-0.25, -0.2) is 4.99 Å². The molecule has 0 amide bonds. The fourth-order valence-electron chi connectivity index (χ4n) is 4.11. The summed E-state index contributed by atoms with van der Waals surface area (Å²) in [5.41, 5.74) is 9.07. The predicted octanol–water partition coefficient (Wildman–Crippen LogP) is 2.49. The molecule has 142 valence electrons. The zero-order valence-electron chi connectivity index (χ0n) is 15.4. The maximum Gasteiger partial charge on any atom is 0.202 e. The standard InChI is InChI=1S/C20H26N6O/c21-20(14-2-1-3-14)18-17(8-13-27-18)24-19(25-20)23-15-4-6-16(7-5-15)26-11-9-22-10-12-26/h4-8,13-14,22H,1-3,9-12,21H2,(H2,23,24,25). The molecule has 1 unspecified atom stereocenters. The molecule has 0 spiro atoms. The van der Waals surface area contributed by atoms with Gasteiger partial charge in [-0.3, -0.25) is 0 Å². The van der Waals surface area contributed by atoms with Crippen LogP contribution < -0.4 is 26.6 Å². The number of nitrogens with zero attached hydrogens (tertiary/aromatic N) is 2. The lowest BCUT2D eigenvalue weighted by molar-refractivity contribution is 0.149. The molecule has 7 nitrogen and oxygen atoms in total. The van der Waals surface area contributed by atoms with E-state index in [4.69, 9.17) is 15.1 Å². The van der Waals surface area contributed by atoms with Gasteiger partial charge in [0.2, 0.25) is 5.96 Å². The van der Waals surface area contributed by atoms with Crippen molar-refractivity contribution in [3.8, 4) is 0 Å². The quantitative estimate of drug-likeness (QED) is 0.667. The maximum atomic E-state index is 6.71. The number of benzene rings is 1. The first-order chi connectivity index (χ1) is 13.2. The number of nitrogens with two attached hydrogens (primary N) is 1. The minimum Gasteiger partial charge on any atom is -0.463 e. The Morgan fingerprint density at radius 2 is 1.93 bits per heavy atom. The molecule has 5 N–H and O–H groups in total. The van der Waals surface area contributed by atoms with Gasteiger partial charge in [0, 0.05) is 49.5 Å². The smallest absolute Gasteiger partial charge is 0.202 e. The van der Waals surface area contributed by atoms with E-state index in [9.17, 15) is 0 Å². The lowest BCUT2D eigenvalue weighted by Crippen LogP contribution is -2.49. The monoisotopic (exact) mass is 366 g/mol. The van der Waals surface area contributed by atoms with Crippen molar-refractivity contribution in [1.29, 1.82) is 0 Å². The Balaban J connectivity index is 1.35. The predicted molar refractivity (Wildman–Crippen MR) is 108 cm³/mol. The number of hydrogen-bond acceptors (Lipinski definition) is 7. The summed E-state index contributed by atoms with van der Waals surface area (Å²) < 4.78 is 5.68. The van der Waals surface area contributed by atoms with Gasteiger partial charge in [-0.1, -0.05) is 6.42 Å². The number of rotatable bonds is 3. The van der Waals surface area contributed by atoms with Crippen LogP contribution in [0.5, 0.6) is 0 Å². The van der Waals surface area contributed by atoms with Crippen LogP contribution in [0.3, 0.4) is 0 Å². The number of fused-ring (bicyclic) bond motifs is 1. The van der Waals surface area contributed by atoms with E-state index < -0.39 is 5.66 Å². The molecular formula is C20H26N6O. The minimum atomic E-state index is -0.786. The number of furan rings is 1. The Morgan fingerprint density at radius 3 is 2.63 bits per heavy atom. The van der Waals surface area contributed by atoms with Crippen LogP contribution in [-0.4, -0.2) is 32.1 Å². The zero-order chi connectivity index (χ0) is 18.3. The highest BCUT2D eigenvalue weighted by atomic mass is 16.3. The normalized spacial score (nSPS) is 25.2. The third-order valence-electron chi connectivity index (χ3n) is 5.92. The largest absolute Gasteiger partial charge is 0.463 e. The van der Waals surface area contributed by atoms with Gasteiger partial charge in [-0.2, -0.15) is 0 Å². The molecule has 3 heterocycles. The van der Waals surface area contributed by atoms with Crippen LogP contribution in [0.15, 0.2) is 46.0 Å². The van der Waals surface area contributed by atoms with E-state index in [0.29, 0.717) is 11.9 Å². The van der Waals surface area contributed by atoms with Gasteiger partial charge < -0.3 is 31.0 Å². The van der Waals surface area contributed by atoms with Crippen molar-refractivity contribution in [1.82, 2.24) is 5.32 Å². The Bertz CT molecular complexity index is 834. The van der Waals surface area contributed by atoms with E-state index >= 15 is 0 Å². The van der Waals surface area contributed by atoms with Gasteiger partial charge in [0.1, 0.15) is 0 Å². The van der Waals surface area contributed by atoms with Crippen LogP contribution in [0, 0.1) is 5.92 Å². The molecule has 2 aliphatic heterocycles. The summed E-state index contributed by atoms with van der Waals surface area (Å²) in [4.78, 5) is 7.22. The Morgan fingerprint density at radius 1 is 1.15 bits per heavy atom. The molecule has 27 heavy (non-hydrogen) atoms. The van der Waals surface area contributed by atoms with Crippen molar-refractivity contribution >= 4 is 23.0 Å². The molecule has 1 saturated carbocycles. The lowest BCUT2D eigenvalue weighted by Gasteiger charge is -2.41. The van der Waals surface area contributed by atoms with Crippen molar-refractivity contribution in [2.45, 2.75) is 24.9 Å². The second-order valence-electron chi connectivity index (χ2n) is 7.61. The van der Waals surface area contributed by atoms with E-state index in [1.807, 2.05) is 6.07 Å². The number of aliphatic imine (C=N–C) groups is 1. The van der Waals surface area contributed by atoms with E-state index in [1.165, 1.54) is 12.1 Å². The number of nitrogens with one attached hydrogen (secondary N) is 3. The van der Waals surface area contributed by atoms with Gasteiger partial charge >= 0.3 is 0 Å². The van der Waals surface area contributed by atoms with Crippen LogP contribution in [-0.2, 0) is 5.66 Å². The number of piperazine rings is 1. The van der Waals surface area contributed by atoms with Crippen molar-refractivity contribution in [2.75, 3.05) is 41.7 Å². The molecule has 7 heteroatoms. The molecule has 2 aromatic rings. The fourth-order valence-corrected chi connectivity index (χ4v) is 4.11. The average molecular weight is 366 g/mol. The molecule has 3 aliphatic rings. The summed E-state index contributed by atoms with van der Waals surface area (Å²) >= 11 is 0. The second kappa shape index (κ2) is 6.58. The first-order valence-electron chi connectivity index (χ1n) is 9.79. The Hall–Kier alpha value is -2.51. The highest BCUT2D eigenvalue weighted by Crippen LogP contribution is 2.46. The van der Waals surface area contributed by atoms with Crippen molar-refractivity contribution in [3.05, 3.63) is 42.4 Å². The summed E-state index contributed by atoms with van der Waals surface area (Å²) in [6.07, 6.45) is 5.07. The van der Waals surface area contributed by atoms with E-state index in [2.05, 4.69) is 45.1 Å². The molecule has 0 radical (unpaired) electrons. The number of hydrogen-bond donors (Lipinski definition) is 4. The molecular weight excluding hydrogens is 340 g/mol. The van der Waals surface area contributed by atoms with Gasteiger partial charge in [0.25, 0.3) is 0 Å². The van der Waals surface area contributed by atoms with Crippen molar-refractivity contribution < 1.29 is 4.42 Å². The van der Waals surface area contributed by atoms with Crippen molar-refractivity contribution in [3.63, 3.8) is 0 Å². The van der Waals surface area contributed by atoms with Crippen LogP contribution >= 0.6 is 0 Å². The first kappa shape index (κ1) is 16.6. The number of guanidine groups is 1. The molecule has 5 rings (SSSR count). The molecule has 1 aliphatic carbocycles. The molecule has 1 aromatic carbocycles. The summed E-state index contributed by atoms with van der Waals surface area (Å²) in [6.45, 7) is 4.16. The van der Waals surface area contributed by atoms with Gasteiger partial charge in [-0.15, -0.1) is 0 Å². The summed E-state index contributed by atoms with van der Waals surface area (Å²) in [6, 6.07) is 10.4. The first-order valence-corrected chi connectivity index (χ1v) is 9.79. The third-order valence-corrected chi connectivity index (χ3v) is 5.92.